The highest BCUT2D eigenvalue weighted by molar-refractivity contribution is 4.73. The van der Waals surface area contributed by atoms with Gasteiger partial charge in [0.05, 0.1) is 6.61 Å². The van der Waals surface area contributed by atoms with Crippen molar-refractivity contribution in [3.05, 3.63) is 12.3 Å². The van der Waals surface area contributed by atoms with E-state index in [2.05, 4.69) is 11.0 Å². The first-order valence-corrected chi connectivity index (χ1v) is 2.32. The molecule has 48 valence electrons. The van der Waals surface area contributed by atoms with E-state index in [1.54, 1.807) is 13.1 Å². The van der Waals surface area contributed by atoms with E-state index in [0.29, 0.717) is 6.61 Å². The van der Waals surface area contributed by atoms with Crippen LogP contribution in [0.15, 0.2) is 12.3 Å². The van der Waals surface area contributed by atoms with Gasteiger partial charge in [0.25, 0.3) is 0 Å². The van der Waals surface area contributed by atoms with Crippen LogP contribution in [0.3, 0.4) is 0 Å². The third kappa shape index (κ3) is 5.42. The summed E-state index contributed by atoms with van der Waals surface area (Å²) < 4.78 is 0. The Morgan fingerprint density at radius 2 is 2.50 bits per heavy atom. The molecule has 8 heavy (non-hydrogen) atoms. The quantitative estimate of drug-likeness (QED) is 0.330. The topological polar surface area (TPSA) is 59.3 Å². The van der Waals surface area contributed by atoms with Gasteiger partial charge in [-0.3, -0.25) is 4.84 Å². The second-order valence-electron chi connectivity index (χ2n) is 1.09. The first-order valence-electron chi connectivity index (χ1n) is 2.32. The van der Waals surface area contributed by atoms with E-state index in [0.717, 1.165) is 0 Å². The van der Waals surface area contributed by atoms with Crippen LogP contribution in [0.25, 0.3) is 0 Å². The van der Waals surface area contributed by atoms with Gasteiger partial charge in [-0.1, -0.05) is 0 Å². The smallest absolute Gasteiger partial charge is 0.0896 e. The lowest BCUT2D eigenvalue weighted by Gasteiger charge is -1.97. The maximum absolute atomic E-state index is 5.00. The summed E-state index contributed by atoms with van der Waals surface area (Å²) in [6.07, 6.45) is 3.11. The fraction of sp³-hybridized carbons (Fsp3) is 0.500. The Balaban J connectivity index is 2.72. The number of nitrogens with one attached hydrogen (secondary N) is 2. The van der Waals surface area contributed by atoms with E-state index in [1.807, 2.05) is 0 Å². The summed E-state index contributed by atoms with van der Waals surface area (Å²) in [6.45, 7) is 0.470. The molecule has 0 atom stereocenters. The van der Waals surface area contributed by atoms with Gasteiger partial charge in [-0.05, 0) is 12.3 Å². The Bertz CT molecular complexity index is 64.3. The molecular weight excluding hydrogens is 106 g/mol. The highest BCUT2D eigenvalue weighted by atomic mass is 16.7. The van der Waals surface area contributed by atoms with E-state index >= 15 is 0 Å². The summed E-state index contributed by atoms with van der Waals surface area (Å²) in [6, 6.07) is 0. The first-order chi connectivity index (χ1) is 3.91. The molecule has 0 aromatic rings. The van der Waals surface area contributed by atoms with Gasteiger partial charge in [0.1, 0.15) is 0 Å². The molecule has 0 saturated carbocycles. The number of hydrazine groups is 1. The molecule has 0 saturated heterocycles. The largest absolute Gasteiger partial charge is 0.405 e. The van der Waals surface area contributed by atoms with Crippen LogP contribution >= 0.6 is 0 Å². The van der Waals surface area contributed by atoms with Crippen LogP contribution in [0.5, 0.6) is 0 Å². The van der Waals surface area contributed by atoms with E-state index < -0.39 is 0 Å². The molecule has 0 fully saturated rings. The zero-order valence-electron chi connectivity index (χ0n) is 4.85. The predicted molar refractivity (Wildman–Crippen MR) is 31.5 cm³/mol. The number of hydrogen-bond acceptors (Lipinski definition) is 4. The molecule has 0 spiro atoms. The summed E-state index contributed by atoms with van der Waals surface area (Å²) in [5.41, 5.74) is 10.0. The Hall–Kier alpha value is -0.580. The van der Waals surface area contributed by atoms with Crippen LogP contribution in [-0.4, -0.2) is 13.7 Å². The van der Waals surface area contributed by atoms with Gasteiger partial charge in [0.15, 0.2) is 0 Å². The van der Waals surface area contributed by atoms with Gasteiger partial charge < -0.3 is 5.73 Å². The lowest BCUT2D eigenvalue weighted by Crippen LogP contribution is -2.27. The van der Waals surface area contributed by atoms with Crippen molar-refractivity contribution >= 4 is 0 Å². The van der Waals surface area contributed by atoms with Crippen molar-refractivity contribution in [2.75, 3.05) is 13.7 Å². The highest BCUT2D eigenvalue weighted by Gasteiger charge is 1.72. The normalized spacial score (nSPS) is 10.6. The van der Waals surface area contributed by atoms with Crippen molar-refractivity contribution in [1.29, 1.82) is 0 Å². The van der Waals surface area contributed by atoms with E-state index in [1.165, 1.54) is 6.20 Å². The van der Waals surface area contributed by atoms with E-state index in [-0.39, 0.29) is 0 Å². The molecule has 0 unspecified atom stereocenters. The average molecular weight is 117 g/mol. The standard InChI is InChI=1S/C4H11N3O/c1-6-7-8-4-2-3-5/h2-3,6-7H,4-5H2,1H3/b3-2-. The van der Waals surface area contributed by atoms with Crippen LogP contribution in [0.1, 0.15) is 0 Å². The van der Waals surface area contributed by atoms with Crippen LogP contribution in [0.2, 0.25) is 0 Å². The summed E-state index contributed by atoms with van der Waals surface area (Å²) in [7, 11) is 1.71. The van der Waals surface area contributed by atoms with Gasteiger partial charge in [0, 0.05) is 7.05 Å². The SMILES string of the molecule is CNNOC/C=C\N. The highest BCUT2D eigenvalue weighted by Crippen LogP contribution is 1.64. The molecule has 0 radical (unpaired) electrons. The van der Waals surface area contributed by atoms with Gasteiger partial charge >= 0.3 is 0 Å². The predicted octanol–water partition coefficient (Wildman–Crippen LogP) is -0.886. The molecule has 4 N–H and O–H groups in total. The Morgan fingerprint density at radius 1 is 1.75 bits per heavy atom. The molecule has 0 aromatic heterocycles. The maximum Gasteiger partial charge on any atom is 0.0896 e. The fourth-order valence-corrected chi connectivity index (χ4v) is 0.218. The second kappa shape index (κ2) is 6.42. The van der Waals surface area contributed by atoms with Crippen molar-refractivity contribution in [3.63, 3.8) is 0 Å². The molecule has 4 nitrogen and oxygen atoms in total. The van der Waals surface area contributed by atoms with Crippen molar-refractivity contribution in [2.45, 2.75) is 0 Å². The monoisotopic (exact) mass is 117 g/mol. The van der Waals surface area contributed by atoms with Crippen molar-refractivity contribution in [3.8, 4) is 0 Å². The zero-order valence-corrected chi connectivity index (χ0v) is 4.85. The van der Waals surface area contributed by atoms with Crippen LogP contribution in [-0.2, 0) is 4.84 Å². The minimum Gasteiger partial charge on any atom is -0.405 e. The Kier molecular flexibility index (Phi) is 5.95. The van der Waals surface area contributed by atoms with Crippen molar-refractivity contribution < 1.29 is 4.84 Å². The molecule has 0 heterocycles. The molecule has 4 heteroatoms. The van der Waals surface area contributed by atoms with Gasteiger partial charge in [0.2, 0.25) is 0 Å². The minimum absolute atomic E-state index is 0.470. The van der Waals surface area contributed by atoms with Crippen LogP contribution in [0, 0.1) is 0 Å². The molecule has 0 aliphatic rings. The summed E-state index contributed by atoms with van der Waals surface area (Å²) >= 11 is 0. The molecule has 0 aliphatic carbocycles. The lowest BCUT2D eigenvalue weighted by atomic mass is 10.7. The van der Waals surface area contributed by atoms with Crippen LogP contribution in [0.4, 0.5) is 0 Å². The van der Waals surface area contributed by atoms with E-state index in [4.69, 9.17) is 10.6 Å². The number of nitrogens with two attached hydrogens (primary N) is 1. The first kappa shape index (κ1) is 7.42. The average Bonchev–Trinajstić information content (AvgIpc) is 1.81. The van der Waals surface area contributed by atoms with E-state index in [9.17, 15) is 0 Å². The van der Waals surface area contributed by atoms with Crippen LogP contribution < -0.4 is 16.7 Å². The molecule has 0 rings (SSSR count). The molecule has 0 bridgehead atoms. The van der Waals surface area contributed by atoms with Gasteiger partial charge in [-0.2, -0.15) is 0 Å². The lowest BCUT2D eigenvalue weighted by molar-refractivity contribution is 0.0359. The fourth-order valence-electron chi connectivity index (χ4n) is 0.218. The van der Waals surface area contributed by atoms with Crippen molar-refractivity contribution in [1.82, 2.24) is 11.0 Å². The summed E-state index contributed by atoms with van der Waals surface area (Å²) in [5, 5.41) is 0. The maximum atomic E-state index is 5.00. The summed E-state index contributed by atoms with van der Waals surface area (Å²) in [4.78, 5) is 4.70. The van der Waals surface area contributed by atoms with Gasteiger partial charge in [-0.25, -0.2) is 5.43 Å². The third-order valence-electron chi connectivity index (χ3n) is 0.490. The second-order valence-corrected chi connectivity index (χ2v) is 1.09. The Morgan fingerprint density at radius 3 is 3.00 bits per heavy atom. The Labute approximate surface area is 48.6 Å². The minimum atomic E-state index is 0.470. The van der Waals surface area contributed by atoms with Gasteiger partial charge in [-0.15, -0.1) is 5.59 Å². The number of hydrogen-bond donors (Lipinski definition) is 3. The van der Waals surface area contributed by atoms with Crippen molar-refractivity contribution in [2.24, 2.45) is 5.73 Å². The molecule has 0 amide bonds. The molecule has 0 aromatic carbocycles. The number of rotatable bonds is 4. The zero-order chi connectivity index (χ0) is 6.24. The molecule has 0 aliphatic heterocycles. The third-order valence-corrected chi connectivity index (χ3v) is 0.490. The molecular formula is C4H11N3O. The summed E-state index contributed by atoms with van der Waals surface area (Å²) in [5.74, 6) is 0.